The van der Waals surface area contributed by atoms with Crippen LogP contribution in [-0.4, -0.2) is 12.6 Å². The van der Waals surface area contributed by atoms with Crippen molar-refractivity contribution >= 4 is 31.9 Å². The van der Waals surface area contributed by atoms with Crippen molar-refractivity contribution in [3.05, 3.63) is 26.6 Å². The van der Waals surface area contributed by atoms with Gasteiger partial charge in [-0.2, -0.15) is 0 Å². The standard InChI is InChI=1S/C13H19Br2NO/c1-4-9(3)16-8-10-6-11(14)7-12(15)13(10)17-5-2/h6-7,9,16H,4-5,8H2,1-3H3/t9-/m1/s1. The first kappa shape index (κ1) is 15.0. The van der Waals surface area contributed by atoms with Crippen molar-refractivity contribution in [2.45, 2.75) is 39.8 Å². The molecule has 4 heteroatoms. The molecule has 0 amide bonds. The van der Waals surface area contributed by atoms with Gasteiger partial charge in [-0.1, -0.05) is 22.9 Å². The molecule has 17 heavy (non-hydrogen) atoms. The molecule has 0 aliphatic rings. The van der Waals surface area contributed by atoms with E-state index < -0.39 is 0 Å². The zero-order valence-corrected chi connectivity index (χ0v) is 13.7. The van der Waals surface area contributed by atoms with E-state index in [0.717, 1.165) is 27.7 Å². The van der Waals surface area contributed by atoms with Crippen molar-refractivity contribution in [3.63, 3.8) is 0 Å². The monoisotopic (exact) mass is 363 g/mol. The Morgan fingerprint density at radius 1 is 1.29 bits per heavy atom. The summed E-state index contributed by atoms with van der Waals surface area (Å²) in [5.74, 6) is 0.937. The van der Waals surface area contributed by atoms with Crippen molar-refractivity contribution in [2.24, 2.45) is 0 Å². The van der Waals surface area contributed by atoms with Crippen LogP contribution in [0, 0.1) is 0 Å². The molecule has 1 aromatic rings. The number of hydrogen-bond donors (Lipinski definition) is 1. The van der Waals surface area contributed by atoms with Gasteiger partial charge in [0.05, 0.1) is 11.1 Å². The average Bonchev–Trinajstić information content (AvgIpc) is 2.29. The van der Waals surface area contributed by atoms with E-state index in [0.29, 0.717) is 12.6 Å². The van der Waals surface area contributed by atoms with E-state index >= 15 is 0 Å². The number of benzene rings is 1. The molecule has 2 nitrogen and oxygen atoms in total. The second-order valence-corrected chi connectivity index (χ2v) is 5.77. The van der Waals surface area contributed by atoms with Crippen LogP contribution in [0.25, 0.3) is 0 Å². The first-order chi connectivity index (χ1) is 8.08. The van der Waals surface area contributed by atoms with Crippen molar-refractivity contribution in [2.75, 3.05) is 6.61 Å². The third kappa shape index (κ3) is 4.60. The quantitative estimate of drug-likeness (QED) is 0.802. The molecule has 0 spiro atoms. The summed E-state index contributed by atoms with van der Waals surface area (Å²) in [5, 5.41) is 3.48. The van der Waals surface area contributed by atoms with Crippen LogP contribution in [0.3, 0.4) is 0 Å². The third-order valence-corrected chi connectivity index (χ3v) is 3.67. The topological polar surface area (TPSA) is 21.3 Å². The summed E-state index contributed by atoms with van der Waals surface area (Å²) < 4.78 is 7.74. The Balaban J connectivity index is 2.87. The molecule has 0 radical (unpaired) electrons. The van der Waals surface area contributed by atoms with E-state index in [1.807, 2.05) is 13.0 Å². The van der Waals surface area contributed by atoms with Gasteiger partial charge in [-0.15, -0.1) is 0 Å². The number of nitrogens with one attached hydrogen (secondary N) is 1. The van der Waals surface area contributed by atoms with Gasteiger partial charge < -0.3 is 10.1 Å². The predicted molar refractivity (Wildman–Crippen MR) is 79.6 cm³/mol. The van der Waals surface area contributed by atoms with Crippen LogP contribution in [0.5, 0.6) is 5.75 Å². The van der Waals surface area contributed by atoms with E-state index in [-0.39, 0.29) is 0 Å². The molecule has 0 aliphatic heterocycles. The minimum Gasteiger partial charge on any atom is -0.492 e. The molecule has 1 atom stereocenters. The first-order valence-corrected chi connectivity index (χ1v) is 7.51. The van der Waals surface area contributed by atoms with Crippen molar-refractivity contribution in [1.29, 1.82) is 0 Å². The van der Waals surface area contributed by atoms with Gasteiger partial charge in [-0.05, 0) is 48.3 Å². The van der Waals surface area contributed by atoms with Gasteiger partial charge in [-0.25, -0.2) is 0 Å². The van der Waals surface area contributed by atoms with E-state index in [1.54, 1.807) is 0 Å². The molecule has 0 saturated carbocycles. The number of halogens is 2. The van der Waals surface area contributed by atoms with Gasteiger partial charge in [0.2, 0.25) is 0 Å². The van der Waals surface area contributed by atoms with Gasteiger partial charge >= 0.3 is 0 Å². The molecule has 0 fully saturated rings. The van der Waals surface area contributed by atoms with Gasteiger partial charge in [0.25, 0.3) is 0 Å². The normalized spacial score (nSPS) is 12.5. The lowest BCUT2D eigenvalue weighted by atomic mass is 10.1. The predicted octanol–water partition coefficient (Wildman–Crippen LogP) is 4.50. The highest BCUT2D eigenvalue weighted by molar-refractivity contribution is 9.11. The summed E-state index contributed by atoms with van der Waals surface area (Å²) in [4.78, 5) is 0. The van der Waals surface area contributed by atoms with Gasteiger partial charge in [-0.3, -0.25) is 0 Å². The minimum absolute atomic E-state index is 0.516. The zero-order valence-electron chi connectivity index (χ0n) is 10.5. The zero-order chi connectivity index (χ0) is 12.8. The smallest absolute Gasteiger partial charge is 0.138 e. The lowest BCUT2D eigenvalue weighted by Crippen LogP contribution is -2.24. The van der Waals surface area contributed by atoms with Crippen LogP contribution in [0.4, 0.5) is 0 Å². The highest BCUT2D eigenvalue weighted by Crippen LogP contribution is 2.33. The fourth-order valence-corrected chi connectivity index (χ4v) is 2.91. The average molecular weight is 365 g/mol. The van der Waals surface area contributed by atoms with Crippen molar-refractivity contribution in [1.82, 2.24) is 5.32 Å². The van der Waals surface area contributed by atoms with Crippen LogP contribution < -0.4 is 10.1 Å². The summed E-state index contributed by atoms with van der Waals surface area (Å²) in [6, 6.07) is 4.63. The summed E-state index contributed by atoms with van der Waals surface area (Å²) in [6.07, 6.45) is 1.12. The summed E-state index contributed by atoms with van der Waals surface area (Å²) in [5.41, 5.74) is 1.17. The van der Waals surface area contributed by atoms with Crippen LogP contribution in [-0.2, 0) is 6.54 Å². The maximum Gasteiger partial charge on any atom is 0.138 e. The van der Waals surface area contributed by atoms with Crippen LogP contribution in [0.2, 0.25) is 0 Å². The molecule has 96 valence electrons. The van der Waals surface area contributed by atoms with Crippen molar-refractivity contribution < 1.29 is 4.74 Å². The Morgan fingerprint density at radius 3 is 2.59 bits per heavy atom. The molecule has 0 bridgehead atoms. The molecule has 1 N–H and O–H groups in total. The molecular weight excluding hydrogens is 346 g/mol. The molecule has 1 rings (SSSR count). The summed E-state index contributed by atoms with van der Waals surface area (Å²) in [6.45, 7) is 7.87. The van der Waals surface area contributed by atoms with Crippen LogP contribution in [0.15, 0.2) is 21.1 Å². The van der Waals surface area contributed by atoms with Crippen molar-refractivity contribution in [3.8, 4) is 5.75 Å². The Kier molecular flexibility index (Phi) is 6.52. The summed E-state index contributed by atoms with van der Waals surface area (Å²) >= 11 is 7.05. The number of hydrogen-bond acceptors (Lipinski definition) is 2. The molecule has 0 heterocycles. The molecule has 0 aliphatic carbocycles. The largest absolute Gasteiger partial charge is 0.492 e. The van der Waals surface area contributed by atoms with Crippen LogP contribution >= 0.6 is 31.9 Å². The van der Waals surface area contributed by atoms with E-state index in [4.69, 9.17) is 4.74 Å². The maximum atomic E-state index is 5.68. The Labute approximate surface area is 120 Å². The molecular formula is C13H19Br2NO. The van der Waals surface area contributed by atoms with E-state index in [2.05, 4.69) is 57.1 Å². The molecule has 0 aromatic heterocycles. The second-order valence-electron chi connectivity index (χ2n) is 4.00. The lowest BCUT2D eigenvalue weighted by molar-refractivity contribution is 0.332. The van der Waals surface area contributed by atoms with E-state index in [9.17, 15) is 0 Å². The SMILES string of the molecule is CCOc1c(Br)cc(Br)cc1CN[C@H](C)CC. The molecule has 0 saturated heterocycles. The Morgan fingerprint density at radius 2 is 2.00 bits per heavy atom. The first-order valence-electron chi connectivity index (χ1n) is 5.92. The Bertz CT molecular complexity index is 369. The highest BCUT2D eigenvalue weighted by Gasteiger charge is 2.10. The minimum atomic E-state index is 0.516. The van der Waals surface area contributed by atoms with Gasteiger partial charge in [0.15, 0.2) is 0 Å². The fraction of sp³-hybridized carbons (Fsp3) is 0.538. The molecule has 1 aromatic carbocycles. The number of rotatable bonds is 6. The lowest BCUT2D eigenvalue weighted by Gasteiger charge is -2.16. The Hall–Kier alpha value is -0.0600. The molecule has 0 unspecified atom stereocenters. The van der Waals surface area contributed by atoms with Crippen LogP contribution in [0.1, 0.15) is 32.8 Å². The van der Waals surface area contributed by atoms with Gasteiger partial charge in [0.1, 0.15) is 5.75 Å². The van der Waals surface area contributed by atoms with E-state index in [1.165, 1.54) is 5.56 Å². The second kappa shape index (κ2) is 7.39. The van der Waals surface area contributed by atoms with Gasteiger partial charge in [0, 0.05) is 22.6 Å². The maximum absolute atomic E-state index is 5.68. The highest BCUT2D eigenvalue weighted by atomic mass is 79.9. The third-order valence-electron chi connectivity index (χ3n) is 2.63. The fourth-order valence-electron chi connectivity index (χ4n) is 1.48. The summed E-state index contributed by atoms with van der Waals surface area (Å²) in [7, 11) is 0. The number of ether oxygens (including phenoxy) is 1.